The van der Waals surface area contributed by atoms with Crippen molar-refractivity contribution in [2.24, 2.45) is 0 Å². The maximum atomic E-state index is 9.38. The molecule has 0 amide bonds. The molecule has 0 aliphatic rings. The van der Waals surface area contributed by atoms with Crippen LogP contribution < -0.4 is 0 Å². The summed E-state index contributed by atoms with van der Waals surface area (Å²) in [5.74, 6) is 0.558. The highest BCUT2D eigenvalue weighted by Crippen LogP contribution is 2.22. The summed E-state index contributed by atoms with van der Waals surface area (Å²) in [6.45, 7) is 12.3. The standard InChI is InChI=1S/C12H18O.C2H6/c1-8(2)12-6-5-11(10(4)13)7-9(12)3;1-2/h5-8,10,13H,1-4H3;1-2H3. The summed E-state index contributed by atoms with van der Waals surface area (Å²) in [7, 11) is 0. The van der Waals surface area contributed by atoms with E-state index in [1.807, 2.05) is 19.9 Å². The van der Waals surface area contributed by atoms with Crippen LogP contribution in [0.4, 0.5) is 0 Å². The van der Waals surface area contributed by atoms with E-state index in [1.54, 1.807) is 6.92 Å². The number of benzene rings is 1. The van der Waals surface area contributed by atoms with Gasteiger partial charge in [0.2, 0.25) is 0 Å². The molecule has 0 spiro atoms. The van der Waals surface area contributed by atoms with Gasteiger partial charge in [0.05, 0.1) is 6.10 Å². The molecule has 0 bridgehead atoms. The number of hydrogen-bond donors (Lipinski definition) is 1. The molecule has 15 heavy (non-hydrogen) atoms. The van der Waals surface area contributed by atoms with Crippen molar-refractivity contribution in [1.82, 2.24) is 0 Å². The fourth-order valence-electron chi connectivity index (χ4n) is 1.61. The van der Waals surface area contributed by atoms with E-state index in [4.69, 9.17) is 0 Å². The minimum absolute atomic E-state index is 0.361. The van der Waals surface area contributed by atoms with Crippen LogP contribution in [0.2, 0.25) is 0 Å². The molecule has 0 radical (unpaired) electrons. The van der Waals surface area contributed by atoms with Gasteiger partial charge in [0.1, 0.15) is 0 Å². The molecule has 0 aromatic heterocycles. The van der Waals surface area contributed by atoms with Gasteiger partial charge < -0.3 is 5.11 Å². The second kappa shape index (κ2) is 6.62. The Balaban J connectivity index is 0.000000921. The molecule has 0 heterocycles. The van der Waals surface area contributed by atoms with Crippen molar-refractivity contribution in [3.63, 3.8) is 0 Å². The molecule has 1 rings (SSSR count). The molecule has 86 valence electrons. The maximum absolute atomic E-state index is 9.38. The van der Waals surface area contributed by atoms with Gasteiger partial charge in [-0.05, 0) is 36.5 Å². The molecule has 1 heteroatoms. The van der Waals surface area contributed by atoms with Crippen LogP contribution in [0.5, 0.6) is 0 Å². The molecule has 0 aliphatic carbocycles. The first-order chi connectivity index (χ1) is 7.02. The molecule has 1 nitrogen and oxygen atoms in total. The Morgan fingerprint density at radius 3 is 1.93 bits per heavy atom. The van der Waals surface area contributed by atoms with Gasteiger partial charge in [-0.3, -0.25) is 0 Å². The molecular weight excluding hydrogens is 184 g/mol. The van der Waals surface area contributed by atoms with Crippen LogP contribution in [0.15, 0.2) is 18.2 Å². The van der Waals surface area contributed by atoms with Gasteiger partial charge in [-0.25, -0.2) is 0 Å². The van der Waals surface area contributed by atoms with E-state index < -0.39 is 0 Å². The van der Waals surface area contributed by atoms with Crippen molar-refractivity contribution >= 4 is 0 Å². The van der Waals surface area contributed by atoms with Crippen LogP contribution in [0.25, 0.3) is 0 Å². The predicted molar refractivity (Wildman–Crippen MR) is 67.2 cm³/mol. The predicted octanol–water partition coefficient (Wildman–Crippen LogP) is 4.20. The average molecular weight is 208 g/mol. The Bertz CT molecular complexity index is 287. The summed E-state index contributed by atoms with van der Waals surface area (Å²) in [5.41, 5.74) is 3.64. The third kappa shape index (κ3) is 4.05. The summed E-state index contributed by atoms with van der Waals surface area (Å²) in [5, 5.41) is 9.38. The molecule has 1 aromatic carbocycles. The Morgan fingerprint density at radius 2 is 1.60 bits per heavy atom. The Kier molecular flexibility index (Phi) is 6.26. The second-order valence-electron chi connectivity index (χ2n) is 3.95. The molecule has 0 saturated heterocycles. The minimum Gasteiger partial charge on any atom is -0.389 e. The lowest BCUT2D eigenvalue weighted by atomic mass is 9.95. The number of aliphatic hydroxyl groups excluding tert-OH is 1. The van der Waals surface area contributed by atoms with Crippen LogP contribution in [0.1, 0.15) is 63.3 Å². The van der Waals surface area contributed by atoms with Gasteiger partial charge in [0, 0.05) is 0 Å². The molecule has 1 N–H and O–H groups in total. The van der Waals surface area contributed by atoms with Crippen molar-refractivity contribution in [3.8, 4) is 0 Å². The third-order valence-corrected chi connectivity index (χ3v) is 2.40. The van der Waals surface area contributed by atoms with Crippen LogP contribution >= 0.6 is 0 Å². The molecule has 1 atom stereocenters. The van der Waals surface area contributed by atoms with E-state index in [-0.39, 0.29) is 6.10 Å². The zero-order chi connectivity index (χ0) is 12.0. The normalized spacial score (nSPS) is 12.0. The number of aliphatic hydroxyl groups is 1. The zero-order valence-corrected chi connectivity index (χ0v) is 10.8. The van der Waals surface area contributed by atoms with Crippen molar-refractivity contribution < 1.29 is 5.11 Å². The number of hydrogen-bond acceptors (Lipinski definition) is 1. The molecule has 1 aromatic rings. The Hall–Kier alpha value is -0.820. The first-order valence-corrected chi connectivity index (χ1v) is 5.81. The average Bonchev–Trinajstić information content (AvgIpc) is 2.20. The molecular formula is C14H24O. The van der Waals surface area contributed by atoms with Gasteiger partial charge in [0.15, 0.2) is 0 Å². The Labute approximate surface area is 94.2 Å². The lowest BCUT2D eigenvalue weighted by Gasteiger charge is -2.12. The van der Waals surface area contributed by atoms with E-state index in [0.717, 1.165) is 5.56 Å². The molecule has 1 unspecified atom stereocenters. The van der Waals surface area contributed by atoms with Gasteiger partial charge in [-0.15, -0.1) is 0 Å². The Morgan fingerprint density at radius 1 is 1.07 bits per heavy atom. The highest BCUT2D eigenvalue weighted by atomic mass is 16.3. The first-order valence-electron chi connectivity index (χ1n) is 5.81. The zero-order valence-electron chi connectivity index (χ0n) is 10.8. The maximum Gasteiger partial charge on any atom is 0.0762 e. The van der Waals surface area contributed by atoms with Crippen LogP contribution in [0.3, 0.4) is 0 Å². The summed E-state index contributed by atoms with van der Waals surface area (Å²) < 4.78 is 0. The first kappa shape index (κ1) is 14.2. The van der Waals surface area contributed by atoms with E-state index in [9.17, 15) is 5.11 Å². The van der Waals surface area contributed by atoms with Crippen LogP contribution in [-0.2, 0) is 0 Å². The molecule has 0 fully saturated rings. The fraction of sp³-hybridized carbons (Fsp3) is 0.571. The monoisotopic (exact) mass is 208 g/mol. The van der Waals surface area contributed by atoms with E-state index >= 15 is 0 Å². The summed E-state index contributed by atoms with van der Waals surface area (Å²) >= 11 is 0. The van der Waals surface area contributed by atoms with Crippen molar-refractivity contribution in [1.29, 1.82) is 0 Å². The molecule has 0 saturated carbocycles. The summed E-state index contributed by atoms with van der Waals surface area (Å²) in [6, 6.07) is 6.19. The van der Waals surface area contributed by atoms with Crippen LogP contribution in [-0.4, -0.2) is 5.11 Å². The number of aryl methyl sites for hydroxylation is 1. The SMILES string of the molecule is CC.Cc1cc(C(C)O)ccc1C(C)C. The smallest absolute Gasteiger partial charge is 0.0762 e. The van der Waals surface area contributed by atoms with E-state index in [0.29, 0.717) is 5.92 Å². The number of rotatable bonds is 2. The summed E-state index contributed by atoms with van der Waals surface area (Å²) in [4.78, 5) is 0. The van der Waals surface area contributed by atoms with Gasteiger partial charge in [-0.1, -0.05) is 45.9 Å². The van der Waals surface area contributed by atoms with Crippen molar-refractivity contribution in [3.05, 3.63) is 34.9 Å². The molecule has 0 aliphatic heterocycles. The van der Waals surface area contributed by atoms with E-state index in [2.05, 4.69) is 32.9 Å². The third-order valence-electron chi connectivity index (χ3n) is 2.40. The minimum atomic E-state index is -0.361. The lowest BCUT2D eigenvalue weighted by Crippen LogP contribution is -1.96. The van der Waals surface area contributed by atoms with E-state index in [1.165, 1.54) is 11.1 Å². The van der Waals surface area contributed by atoms with Crippen molar-refractivity contribution in [2.75, 3.05) is 0 Å². The van der Waals surface area contributed by atoms with Gasteiger partial charge in [0.25, 0.3) is 0 Å². The topological polar surface area (TPSA) is 20.2 Å². The highest BCUT2D eigenvalue weighted by Gasteiger charge is 2.06. The van der Waals surface area contributed by atoms with Gasteiger partial charge in [-0.2, -0.15) is 0 Å². The van der Waals surface area contributed by atoms with Crippen molar-refractivity contribution in [2.45, 2.75) is 53.6 Å². The van der Waals surface area contributed by atoms with Crippen LogP contribution in [0, 0.1) is 6.92 Å². The quantitative estimate of drug-likeness (QED) is 0.772. The largest absolute Gasteiger partial charge is 0.389 e. The lowest BCUT2D eigenvalue weighted by molar-refractivity contribution is 0.199. The van der Waals surface area contributed by atoms with Gasteiger partial charge >= 0.3 is 0 Å². The second-order valence-corrected chi connectivity index (χ2v) is 3.95. The fourth-order valence-corrected chi connectivity index (χ4v) is 1.61. The highest BCUT2D eigenvalue weighted by molar-refractivity contribution is 5.33. The summed E-state index contributed by atoms with van der Waals surface area (Å²) in [6.07, 6.45) is -0.361.